The molecule has 0 aliphatic heterocycles. The van der Waals surface area contributed by atoms with E-state index in [0.717, 1.165) is 0 Å². The summed E-state index contributed by atoms with van der Waals surface area (Å²) in [6, 6.07) is 12.1. The quantitative estimate of drug-likeness (QED) is 0.356. The SMILES string of the molecule is O=C(Nc1nnc(SCc2ccc(Br)cc2F)s1)c1ccccc1Br. The molecule has 0 spiro atoms. The van der Waals surface area contributed by atoms with Crippen LogP contribution in [-0.2, 0) is 5.75 Å². The van der Waals surface area contributed by atoms with Crippen molar-refractivity contribution in [2.24, 2.45) is 0 Å². The number of carbonyl (C=O) groups excluding carboxylic acids is 1. The zero-order chi connectivity index (χ0) is 17.8. The summed E-state index contributed by atoms with van der Waals surface area (Å²) in [5.74, 6) is -0.0978. The molecule has 0 atom stereocenters. The summed E-state index contributed by atoms with van der Waals surface area (Å²) in [5, 5.41) is 11.1. The van der Waals surface area contributed by atoms with Crippen LogP contribution >= 0.6 is 55.0 Å². The van der Waals surface area contributed by atoms with Crippen LogP contribution in [0.1, 0.15) is 15.9 Å². The predicted molar refractivity (Wildman–Crippen MR) is 106 cm³/mol. The first kappa shape index (κ1) is 18.5. The summed E-state index contributed by atoms with van der Waals surface area (Å²) in [4.78, 5) is 12.2. The smallest absolute Gasteiger partial charge is 0.258 e. The molecule has 0 bridgehead atoms. The van der Waals surface area contributed by atoms with E-state index in [2.05, 4.69) is 47.4 Å². The lowest BCUT2D eigenvalue weighted by atomic mass is 10.2. The van der Waals surface area contributed by atoms with Gasteiger partial charge in [-0.15, -0.1) is 10.2 Å². The maximum atomic E-state index is 13.8. The molecule has 1 amide bonds. The van der Waals surface area contributed by atoms with Gasteiger partial charge in [-0.1, -0.05) is 57.2 Å². The summed E-state index contributed by atoms with van der Waals surface area (Å²) >= 11 is 9.19. The second-order valence-electron chi connectivity index (χ2n) is 4.83. The second kappa shape index (κ2) is 8.39. The predicted octanol–water partition coefficient (Wildman–Crippen LogP) is 5.75. The van der Waals surface area contributed by atoms with E-state index in [9.17, 15) is 9.18 Å². The molecular formula is C16H10Br2FN3OS2. The highest BCUT2D eigenvalue weighted by molar-refractivity contribution is 9.10. The van der Waals surface area contributed by atoms with Crippen molar-refractivity contribution in [3.8, 4) is 0 Å². The van der Waals surface area contributed by atoms with Crippen LogP contribution in [0.25, 0.3) is 0 Å². The Balaban J connectivity index is 1.62. The highest BCUT2D eigenvalue weighted by Crippen LogP contribution is 2.30. The summed E-state index contributed by atoms with van der Waals surface area (Å²) in [5.41, 5.74) is 1.10. The minimum absolute atomic E-state index is 0.265. The van der Waals surface area contributed by atoms with E-state index in [1.165, 1.54) is 29.2 Å². The second-order valence-corrected chi connectivity index (χ2v) is 8.80. The van der Waals surface area contributed by atoms with Gasteiger partial charge < -0.3 is 0 Å². The van der Waals surface area contributed by atoms with Gasteiger partial charge in [0.25, 0.3) is 5.91 Å². The molecule has 3 rings (SSSR count). The van der Waals surface area contributed by atoms with Gasteiger partial charge in [0.15, 0.2) is 4.34 Å². The van der Waals surface area contributed by atoms with Crippen molar-refractivity contribution < 1.29 is 9.18 Å². The first-order valence-electron chi connectivity index (χ1n) is 6.99. The van der Waals surface area contributed by atoms with Crippen molar-refractivity contribution in [1.82, 2.24) is 10.2 Å². The van der Waals surface area contributed by atoms with Gasteiger partial charge in [0, 0.05) is 14.7 Å². The molecule has 0 saturated carbocycles. The molecule has 0 aliphatic rings. The Morgan fingerprint density at radius 1 is 1.20 bits per heavy atom. The topological polar surface area (TPSA) is 54.9 Å². The van der Waals surface area contributed by atoms with Gasteiger partial charge in [-0.25, -0.2) is 4.39 Å². The number of halogens is 3. The lowest BCUT2D eigenvalue weighted by molar-refractivity contribution is 0.102. The van der Waals surface area contributed by atoms with Crippen LogP contribution in [0, 0.1) is 5.82 Å². The minimum atomic E-state index is -0.270. The molecule has 128 valence electrons. The fourth-order valence-electron chi connectivity index (χ4n) is 1.91. The Morgan fingerprint density at radius 2 is 2.00 bits per heavy atom. The Morgan fingerprint density at radius 3 is 2.76 bits per heavy atom. The molecule has 0 unspecified atom stereocenters. The molecule has 0 radical (unpaired) electrons. The fraction of sp³-hybridized carbons (Fsp3) is 0.0625. The monoisotopic (exact) mass is 501 g/mol. The van der Waals surface area contributed by atoms with Crippen molar-refractivity contribution in [1.29, 1.82) is 0 Å². The van der Waals surface area contributed by atoms with Gasteiger partial charge in [-0.05, 0) is 45.8 Å². The van der Waals surface area contributed by atoms with E-state index in [0.29, 0.717) is 35.3 Å². The number of carbonyl (C=O) groups is 1. The van der Waals surface area contributed by atoms with Crippen molar-refractivity contribution in [2.45, 2.75) is 10.1 Å². The number of amides is 1. The van der Waals surface area contributed by atoms with Crippen molar-refractivity contribution in [3.05, 3.63) is 68.4 Å². The summed E-state index contributed by atoms with van der Waals surface area (Å²) in [7, 11) is 0. The number of hydrogen-bond donors (Lipinski definition) is 1. The van der Waals surface area contributed by atoms with Crippen LogP contribution in [-0.4, -0.2) is 16.1 Å². The number of rotatable bonds is 5. The molecule has 0 aliphatic carbocycles. The number of thioether (sulfide) groups is 1. The number of aromatic nitrogens is 2. The molecule has 0 saturated heterocycles. The van der Waals surface area contributed by atoms with Gasteiger partial charge in [0.1, 0.15) is 5.82 Å². The first-order valence-corrected chi connectivity index (χ1v) is 10.4. The molecule has 4 nitrogen and oxygen atoms in total. The molecule has 3 aromatic rings. The van der Waals surface area contributed by atoms with Gasteiger partial charge in [0.2, 0.25) is 5.13 Å². The zero-order valence-electron chi connectivity index (χ0n) is 12.5. The van der Waals surface area contributed by atoms with Crippen molar-refractivity contribution in [2.75, 3.05) is 5.32 Å². The van der Waals surface area contributed by atoms with E-state index < -0.39 is 0 Å². The molecule has 1 heterocycles. The average Bonchev–Trinajstić information content (AvgIpc) is 3.02. The number of anilines is 1. The zero-order valence-corrected chi connectivity index (χ0v) is 17.3. The van der Waals surface area contributed by atoms with Gasteiger partial charge >= 0.3 is 0 Å². The Kier molecular flexibility index (Phi) is 6.21. The lowest BCUT2D eigenvalue weighted by Gasteiger charge is -2.03. The van der Waals surface area contributed by atoms with Crippen LogP contribution in [0.2, 0.25) is 0 Å². The summed E-state index contributed by atoms with van der Waals surface area (Å²) in [6.07, 6.45) is 0. The first-order chi connectivity index (χ1) is 12.0. The number of benzene rings is 2. The fourth-order valence-corrected chi connectivity index (χ4v) is 4.44. The van der Waals surface area contributed by atoms with Crippen molar-refractivity contribution >= 4 is 66.0 Å². The normalized spacial score (nSPS) is 10.7. The lowest BCUT2D eigenvalue weighted by Crippen LogP contribution is -2.12. The molecule has 1 N–H and O–H groups in total. The molecule has 1 aromatic heterocycles. The third-order valence-corrected chi connectivity index (χ3v) is 6.32. The molecular weight excluding hydrogens is 493 g/mol. The third-order valence-electron chi connectivity index (χ3n) is 3.11. The largest absolute Gasteiger partial charge is 0.296 e. The van der Waals surface area contributed by atoms with Crippen molar-refractivity contribution in [3.63, 3.8) is 0 Å². The Hall–Kier alpha value is -1.29. The highest BCUT2D eigenvalue weighted by Gasteiger charge is 2.13. The number of nitrogens with zero attached hydrogens (tertiary/aromatic N) is 2. The van der Waals surface area contributed by atoms with Gasteiger partial charge in [-0.2, -0.15) is 0 Å². The standard InChI is InChI=1S/C16H10Br2FN3OS2/c17-10-6-5-9(13(19)7-10)8-24-16-22-21-15(25-16)20-14(23)11-3-1-2-4-12(11)18/h1-7H,8H2,(H,20,21,23). The van der Waals surface area contributed by atoms with Crippen LogP contribution in [0.4, 0.5) is 9.52 Å². The van der Waals surface area contributed by atoms with Gasteiger partial charge in [-0.3, -0.25) is 10.1 Å². The maximum absolute atomic E-state index is 13.8. The Bertz CT molecular complexity index is 920. The third kappa shape index (κ3) is 4.87. The van der Waals surface area contributed by atoms with Gasteiger partial charge in [0.05, 0.1) is 5.56 Å². The van der Waals surface area contributed by atoms with E-state index in [-0.39, 0.29) is 11.7 Å². The van der Waals surface area contributed by atoms with Crippen LogP contribution in [0.15, 0.2) is 55.7 Å². The number of nitrogens with one attached hydrogen (secondary N) is 1. The highest BCUT2D eigenvalue weighted by atomic mass is 79.9. The molecule has 0 fully saturated rings. The van der Waals surface area contributed by atoms with Crippen LogP contribution in [0.5, 0.6) is 0 Å². The summed E-state index contributed by atoms with van der Waals surface area (Å²) in [6.45, 7) is 0. The van der Waals surface area contributed by atoms with E-state index in [1.807, 2.05) is 6.07 Å². The minimum Gasteiger partial charge on any atom is -0.296 e. The van der Waals surface area contributed by atoms with E-state index in [4.69, 9.17) is 0 Å². The summed E-state index contributed by atoms with van der Waals surface area (Å²) < 4.78 is 15.9. The van der Waals surface area contributed by atoms with Crippen LogP contribution in [0.3, 0.4) is 0 Å². The van der Waals surface area contributed by atoms with E-state index >= 15 is 0 Å². The molecule has 25 heavy (non-hydrogen) atoms. The maximum Gasteiger partial charge on any atom is 0.258 e. The molecule has 2 aromatic carbocycles. The number of hydrogen-bond acceptors (Lipinski definition) is 5. The van der Waals surface area contributed by atoms with E-state index in [1.54, 1.807) is 30.3 Å². The molecule has 9 heteroatoms. The Labute approximate surface area is 168 Å². The average molecular weight is 503 g/mol. The van der Waals surface area contributed by atoms with Crippen LogP contribution < -0.4 is 5.32 Å².